The lowest BCUT2D eigenvalue weighted by Crippen LogP contribution is -2.02. The summed E-state index contributed by atoms with van der Waals surface area (Å²) in [5.74, 6) is 0. The number of alkyl halides is 1. The summed E-state index contributed by atoms with van der Waals surface area (Å²) < 4.78 is 0. The SMILES string of the molecule is C=C(N)C(Cl)c1ccccc1. The molecule has 0 amide bonds. The maximum absolute atomic E-state index is 5.92. The van der Waals surface area contributed by atoms with Crippen molar-refractivity contribution in [3.8, 4) is 0 Å². The van der Waals surface area contributed by atoms with Gasteiger partial charge in [-0.05, 0) is 5.56 Å². The first kappa shape index (κ1) is 8.15. The van der Waals surface area contributed by atoms with E-state index in [4.69, 9.17) is 17.3 Å². The van der Waals surface area contributed by atoms with Crippen LogP contribution in [0.25, 0.3) is 0 Å². The minimum atomic E-state index is -0.267. The van der Waals surface area contributed by atoms with Crippen LogP contribution < -0.4 is 5.73 Å². The molecule has 2 heteroatoms. The van der Waals surface area contributed by atoms with Gasteiger partial charge >= 0.3 is 0 Å². The van der Waals surface area contributed by atoms with Crippen molar-refractivity contribution in [1.29, 1.82) is 0 Å². The molecule has 11 heavy (non-hydrogen) atoms. The molecular weight excluding hydrogens is 158 g/mol. The molecule has 0 fully saturated rings. The molecule has 2 N–H and O–H groups in total. The highest BCUT2D eigenvalue weighted by Crippen LogP contribution is 2.23. The first-order valence-electron chi connectivity index (χ1n) is 3.35. The second-order valence-corrected chi connectivity index (χ2v) is 2.78. The van der Waals surface area contributed by atoms with Gasteiger partial charge in [0.1, 0.15) is 0 Å². The molecule has 0 aliphatic carbocycles. The fraction of sp³-hybridized carbons (Fsp3) is 0.111. The molecule has 0 aliphatic rings. The zero-order chi connectivity index (χ0) is 8.27. The molecule has 0 radical (unpaired) electrons. The second-order valence-electron chi connectivity index (χ2n) is 2.35. The summed E-state index contributed by atoms with van der Waals surface area (Å²) in [6.07, 6.45) is 0. The van der Waals surface area contributed by atoms with Crippen molar-refractivity contribution in [3.63, 3.8) is 0 Å². The third kappa shape index (κ3) is 1.99. The van der Waals surface area contributed by atoms with Crippen LogP contribution in [0.3, 0.4) is 0 Å². The zero-order valence-electron chi connectivity index (χ0n) is 6.13. The minimum absolute atomic E-state index is 0.267. The third-order valence-electron chi connectivity index (χ3n) is 1.42. The Labute approximate surface area is 71.5 Å². The van der Waals surface area contributed by atoms with E-state index in [0.29, 0.717) is 5.70 Å². The average Bonchev–Trinajstić information content (AvgIpc) is 2.05. The summed E-state index contributed by atoms with van der Waals surface area (Å²) in [5.41, 5.74) is 6.91. The molecule has 1 atom stereocenters. The van der Waals surface area contributed by atoms with E-state index in [1.54, 1.807) is 0 Å². The maximum atomic E-state index is 5.92. The molecule has 1 nitrogen and oxygen atoms in total. The Morgan fingerprint density at radius 2 is 1.91 bits per heavy atom. The first-order valence-corrected chi connectivity index (χ1v) is 3.78. The van der Waals surface area contributed by atoms with Gasteiger partial charge in [-0.15, -0.1) is 11.6 Å². The Kier molecular flexibility index (Phi) is 2.55. The molecule has 0 heterocycles. The Hall–Kier alpha value is -0.950. The summed E-state index contributed by atoms with van der Waals surface area (Å²) in [7, 11) is 0. The summed E-state index contributed by atoms with van der Waals surface area (Å²) in [4.78, 5) is 0. The van der Waals surface area contributed by atoms with Crippen LogP contribution in [0.5, 0.6) is 0 Å². The van der Waals surface area contributed by atoms with E-state index in [1.807, 2.05) is 30.3 Å². The largest absolute Gasteiger partial charge is 0.401 e. The van der Waals surface area contributed by atoms with Crippen LogP contribution in [0.1, 0.15) is 10.9 Å². The molecule has 0 bridgehead atoms. The first-order chi connectivity index (χ1) is 5.22. The van der Waals surface area contributed by atoms with Crippen molar-refractivity contribution in [2.75, 3.05) is 0 Å². The van der Waals surface area contributed by atoms with Crippen molar-refractivity contribution >= 4 is 11.6 Å². The van der Waals surface area contributed by atoms with Crippen molar-refractivity contribution in [1.82, 2.24) is 0 Å². The molecular formula is C9H10ClN. The summed E-state index contributed by atoms with van der Waals surface area (Å²) in [6.45, 7) is 3.58. The fourth-order valence-electron chi connectivity index (χ4n) is 0.836. The van der Waals surface area contributed by atoms with Crippen LogP contribution in [0.2, 0.25) is 0 Å². The number of hydrogen-bond donors (Lipinski definition) is 1. The number of allylic oxidation sites excluding steroid dienone is 1. The molecule has 0 aliphatic heterocycles. The summed E-state index contributed by atoms with van der Waals surface area (Å²) in [6, 6.07) is 9.64. The van der Waals surface area contributed by atoms with Gasteiger partial charge in [-0.2, -0.15) is 0 Å². The average molecular weight is 168 g/mol. The third-order valence-corrected chi connectivity index (χ3v) is 1.95. The maximum Gasteiger partial charge on any atom is 0.0973 e. The monoisotopic (exact) mass is 167 g/mol. The van der Waals surface area contributed by atoms with E-state index in [9.17, 15) is 0 Å². The quantitative estimate of drug-likeness (QED) is 0.673. The predicted octanol–water partition coefficient (Wildman–Crippen LogP) is 2.44. The number of benzene rings is 1. The Bertz CT molecular complexity index is 243. The molecule has 1 rings (SSSR count). The smallest absolute Gasteiger partial charge is 0.0973 e. The molecule has 0 spiro atoms. The van der Waals surface area contributed by atoms with Gasteiger partial charge in [0.05, 0.1) is 5.38 Å². The van der Waals surface area contributed by atoms with Crippen LogP contribution in [0.15, 0.2) is 42.6 Å². The van der Waals surface area contributed by atoms with Crippen LogP contribution in [-0.4, -0.2) is 0 Å². The van der Waals surface area contributed by atoms with Crippen molar-refractivity contribution in [3.05, 3.63) is 48.2 Å². The van der Waals surface area contributed by atoms with Crippen LogP contribution in [0, 0.1) is 0 Å². The lowest BCUT2D eigenvalue weighted by molar-refractivity contribution is 1.08. The number of hydrogen-bond acceptors (Lipinski definition) is 1. The molecule has 1 aromatic rings. The number of rotatable bonds is 2. The Morgan fingerprint density at radius 1 is 1.36 bits per heavy atom. The molecule has 58 valence electrons. The van der Waals surface area contributed by atoms with E-state index in [-0.39, 0.29) is 5.38 Å². The summed E-state index contributed by atoms with van der Waals surface area (Å²) in [5, 5.41) is -0.267. The lowest BCUT2D eigenvalue weighted by atomic mass is 10.1. The normalized spacial score (nSPS) is 12.5. The van der Waals surface area contributed by atoms with E-state index in [1.165, 1.54) is 0 Å². The molecule has 0 saturated heterocycles. The van der Waals surface area contributed by atoms with Gasteiger partial charge in [0.25, 0.3) is 0 Å². The van der Waals surface area contributed by atoms with Crippen LogP contribution in [0.4, 0.5) is 0 Å². The highest BCUT2D eigenvalue weighted by atomic mass is 35.5. The highest BCUT2D eigenvalue weighted by molar-refractivity contribution is 6.22. The number of nitrogens with two attached hydrogens (primary N) is 1. The zero-order valence-corrected chi connectivity index (χ0v) is 6.88. The predicted molar refractivity (Wildman–Crippen MR) is 48.4 cm³/mol. The van der Waals surface area contributed by atoms with Gasteiger partial charge in [-0.3, -0.25) is 0 Å². The molecule has 1 aromatic carbocycles. The fourth-order valence-corrected chi connectivity index (χ4v) is 0.982. The van der Waals surface area contributed by atoms with E-state index in [0.717, 1.165) is 5.56 Å². The molecule has 0 aromatic heterocycles. The van der Waals surface area contributed by atoms with Crippen molar-refractivity contribution in [2.45, 2.75) is 5.38 Å². The Balaban J connectivity index is 2.85. The Morgan fingerprint density at radius 3 is 2.36 bits per heavy atom. The molecule has 1 unspecified atom stereocenters. The van der Waals surface area contributed by atoms with Crippen LogP contribution in [-0.2, 0) is 0 Å². The van der Waals surface area contributed by atoms with Crippen LogP contribution >= 0.6 is 11.6 Å². The van der Waals surface area contributed by atoms with Crippen molar-refractivity contribution < 1.29 is 0 Å². The van der Waals surface area contributed by atoms with E-state index < -0.39 is 0 Å². The summed E-state index contributed by atoms with van der Waals surface area (Å²) >= 11 is 5.92. The van der Waals surface area contributed by atoms with Gasteiger partial charge in [-0.1, -0.05) is 36.9 Å². The van der Waals surface area contributed by atoms with Gasteiger partial charge < -0.3 is 5.73 Å². The highest BCUT2D eigenvalue weighted by Gasteiger charge is 2.06. The van der Waals surface area contributed by atoms with Gasteiger partial charge in [0, 0.05) is 5.70 Å². The lowest BCUT2D eigenvalue weighted by Gasteiger charge is -2.07. The number of halogens is 1. The van der Waals surface area contributed by atoms with Crippen molar-refractivity contribution in [2.24, 2.45) is 5.73 Å². The van der Waals surface area contributed by atoms with Gasteiger partial charge in [-0.25, -0.2) is 0 Å². The van der Waals surface area contributed by atoms with E-state index in [2.05, 4.69) is 6.58 Å². The second kappa shape index (κ2) is 3.44. The molecule has 0 saturated carbocycles. The standard InChI is InChI=1S/C9H10ClN/c1-7(11)9(10)8-5-3-2-4-6-8/h2-6,9H,1,11H2. The van der Waals surface area contributed by atoms with Gasteiger partial charge in [0.2, 0.25) is 0 Å². The van der Waals surface area contributed by atoms with E-state index >= 15 is 0 Å². The minimum Gasteiger partial charge on any atom is -0.401 e. The van der Waals surface area contributed by atoms with Gasteiger partial charge in [0.15, 0.2) is 0 Å². The topological polar surface area (TPSA) is 26.0 Å².